The van der Waals surface area contributed by atoms with Gasteiger partial charge in [-0.1, -0.05) is 6.92 Å². The fourth-order valence-corrected chi connectivity index (χ4v) is 5.04. The SMILES string of the molecule is CCS[C@@H]1CC[C@@H](NC(=O)N2CCN(c3nccs3)CC2)C1. The van der Waals surface area contributed by atoms with Crippen LogP contribution in [0, 0.1) is 0 Å². The largest absolute Gasteiger partial charge is 0.345 e. The van der Waals surface area contributed by atoms with Gasteiger partial charge in [-0.2, -0.15) is 11.8 Å². The predicted molar refractivity (Wildman–Crippen MR) is 94.0 cm³/mol. The lowest BCUT2D eigenvalue weighted by molar-refractivity contribution is 0.190. The standard InChI is InChI=1S/C15H24N4OS2/c1-2-21-13-4-3-12(11-13)17-14(20)18-6-8-19(9-7-18)15-16-5-10-22-15/h5,10,12-13H,2-4,6-9,11H2,1H3,(H,17,20)/t12-,13-/m1/s1. The summed E-state index contributed by atoms with van der Waals surface area (Å²) in [6.07, 6.45) is 5.33. The number of rotatable bonds is 4. The van der Waals surface area contributed by atoms with Crippen LogP contribution in [0.4, 0.5) is 9.93 Å². The van der Waals surface area contributed by atoms with Crippen LogP contribution in [0.2, 0.25) is 0 Å². The summed E-state index contributed by atoms with van der Waals surface area (Å²) >= 11 is 3.69. The molecular formula is C15H24N4OS2. The monoisotopic (exact) mass is 340 g/mol. The molecule has 2 fully saturated rings. The topological polar surface area (TPSA) is 48.5 Å². The van der Waals surface area contributed by atoms with Gasteiger partial charge in [0, 0.05) is 49.0 Å². The Bertz CT molecular complexity index is 474. The number of hydrogen-bond acceptors (Lipinski definition) is 5. The van der Waals surface area contributed by atoms with E-state index < -0.39 is 0 Å². The van der Waals surface area contributed by atoms with Crippen LogP contribution in [0.5, 0.6) is 0 Å². The van der Waals surface area contributed by atoms with E-state index in [0.29, 0.717) is 6.04 Å². The summed E-state index contributed by atoms with van der Waals surface area (Å²) in [4.78, 5) is 20.9. The van der Waals surface area contributed by atoms with E-state index in [4.69, 9.17) is 0 Å². The van der Waals surface area contributed by atoms with E-state index in [1.807, 2.05) is 28.2 Å². The molecule has 0 radical (unpaired) electrons. The third-order valence-corrected chi connectivity index (χ3v) is 6.44. The maximum Gasteiger partial charge on any atom is 0.317 e. The van der Waals surface area contributed by atoms with Gasteiger partial charge in [0.2, 0.25) is 0 Å². The first-order valence-electron chi connectivity index (χ1n) is 8.07. The van der Waals surface area contributed by atoms with Crippen molar-refractivity contribution in [3.63, 3.8) is 0 Å². The number of piperazine rings is 1. The zero-order valence-corrected chi connectivity index (χ0v) is 14.7. The molecule has 1 saturated carbocycles. The van der Waals surface area contributed by atoms with Crippen molar-refractivity contribution in [1.29, 1.82) is 0 Å². The molecule has 0 bridgehead atoms. The molecule has 7 heteroatoms. The highest BCUT2D eigenvalue weighted by molar-refractivity contribution is 7.99. The number of thiazole rings is 1. The summed E-state index contributed by atoms with van der Waals surface area (Å²) in [6.45, 7) is 5.52. The highest BCUT2D eigenvalue weighted by Crippen LogP contribution is 2.29. The molecule has 1 aromatic heterocycles. The second-order valence-corrected chi connectivity index (χ2v) is 8.28. The van der Waals surface area contributed by atoms with Crippen molar-refractivity contribution in [3.05, 3.63) is 11.6 Å². The summed E-state index contributed by atoms with van der Waals surface area (Å²) in [5, 5.41) is 7.03. The number of carbonyl (C=O) groups is 1. The van der Waals surface area contributed by atoms with Gasteiger partial charge in [-0.15, -0.1) is 11.3 Å². The first kappa shape index (κ1) is 15.9. The van der Waals surface area contributed by atoms with E-state index in [1.165, 1.54) is 12.2 Å². The zero-order valence-electron chi connectivity index (χ0n) is 13.0. The molecule has 2 amide bonds. The lowest BCUT2D eigenvalue weighted by atomic mass is 10.2. The Morgan fingerprint density at radius 3 is 2.91 bits per heavy atom. The number of hydrogen-bond donors (Lipinski definition) is 1. The molecule has 22 heavy (non-hydrogen) atoms. The summed E-state index contributed by atoms with van der Waals surface area (Å²) in [7, 11) is 0. The summed E-state index contributed by atoms with van der Waals surface area (Å²) < 4.78 is 0. The molecule has 2 aliphatic rings. The van der Waals surface area contributed by atoms with Crippen LogP contribution >= 0.6 is 23.1 Å². The molecule has 2 atom stereocenters. The van der Waals surface area contributed by atoms with Gasteiger partial charge in [0.15, 0.2) is 5.13 Å². The van der Waals surface area contributed by atoms with E-state index in [-0.39, 0.29) is 6.03 Å². The number of anilines is 1. The molecule has 2 heterocycles. The van der Waals surface area contributed by atoms with Gasteiger partial charge in [0.25, 0.3) is 0 Å². The molecule has 5 nitrogen and oxygen atoms in total. The van der Waals surface area contributed by atoms with Crippen LogP contribution < -0.4 is 10.2 Å². The highest BCUT2D eigenvalue weighted by Gasteiger charge is 2.28. The molecule has 1 aliphatic heterocycles. The fourth-order valence-electron chi connectivity index (χ4n) is 3.20. The van der Waals surface area contributed by atoms with Crippen molar-refractivity contribution in [3.8, 4) is 0 Å². The number of aromatic nitrogens is 1. The summed E-state index contributed by atoms with van der Waals surface area (Å²) in [5.74, 6) is 1.17. The summed E-state index contributed by atoms with van der Waals surface area (Å²) in [5.41, 5.74) is 0. The van der Waals surface area contributed by atoms with Crippen molar-refractivity contribution < 1.29 is 4.79 Å². The molecule has 1 N–H and O–H groups in total. The Kier molecular flexibility index (Phi) is 5.46. The Labute approximate surface area is 140 Å². The smallest absolute Gasteiger partial charge is 0.317 e. The Hall–Kier alpha value is -0.950. The number of nitrogens with one attached hydrogen (secondary N) is 1. The average Bonchev–Trinajstić information content (AvgIpc) is 3.20. The highest BCUT2D eigenvalue weighted by atomic mass is 32.2. The van der Waals surface area contributed by atoms with Crippen LogP contribution in [-0.2, 0) is 0 Å². The van der Waals surface area contributed by atoms with Crippen molar-refractivity contribution in [2.45, 2.75) is 37.5 Å². The second kappa shape index (κ2) is 7.55. The van der Waals surface area contributed by atoms with Gasteiger partial charge in [0.05, 0.1) is 0 Å². The molecule has 1 aliphatic carbocycles. The molecule has 1 saturated heterocycles. The van der Waals surface area contributed by atoms with E-state index in [0.717, 1.165) is 49.4 Å². The van der Waals surface area contributed by atoms with E-state index in [1.54, 1.807) is 11.3 Å². The third kappa shape index (κ3) is 3.87. The minimum Gasteiger partial charge on any atom is -0.345 e. The van der Waals surface area contributed by atoms with Crippen LogP contribution in [0.1, 0.15) is 26.2 Å². The van der Waals surface area contributed by atoms with Gasteiger partial charge in [-0.05, 0) is 25.0 Å². The van der Waals surface area contributed by atoms with Gasteiger partial charge in [-0.3, -0.25) is 0 Å². The lowest BCUT2D eigenvalue weighted by Gasteiger charge is -2.35. The molecule has 122 valence electrons. The van der Waals surface area contributed by atoms with E-state index >= 15 is 0 Å². The second-order valence-electron chi connectivity index (χ2n) is 5.83. The van der Waals surface area contributed by atoms with E-state index in [9.17, 15) is 4.79 Å². The number of thioether (sulfide) groups is 1. The maximum absolute atomic E-state index is 12.4. The van der Waals surface area contributed by atoms with Crippen molar-refractivity contribution in [2.75, 3.05) is 36.8 Å². The van der Waals surface area contributed by atoms with Crippen molar-refractivity contribution in [2.24, 2.45) is 0 Å². The maximum atomic E-state index is 12.4. The van der Waals surface area contributed by atoms with Gasteiger partial charge in [0.1, 0.15) is 0 Å². The van der Waals surface area contributed by atoms with Crippen LogP contribution in [-0.4, -0.2) is 59.1 Å². The molecule has 0 spiro atoms. The first-order valence-corrected chi connectivity index (χ1v) is 10.0. The number of urea groups is 1. The lowest BCUT2D eigenvalue weighted by Crippen LogP contribution is -2.53. The Balaban J connectivity index is 1.42. The number of nitrogens with zero attached hydrogens (tertiary/aromatic N) is 3. The molecule has 3 rings (SSSR count). The van der Waals surface area contributed by atoms with Crippen LogP contribution in [0.25, 0.3) is 0 Å². The van der Waals surface area contributed by atoms with Crippen LogP contribution in [0.15, 0.2) is 11.6 Å². The molecule has 1 aromatic rings. The van der Waals surface area contributed by atoms with E-state index in [2.05, 4.69) is 22.1 Å². The quantitative estimate of drug-likeness (QED) is 0.915. The first-order chi connectivity index (χ1) is 10.8. The molecular weight excluding hydrogens is 316 g/mol. The Morgan fingerprint density at radius 2 is 2.23 bits per heavy atom. The average molecular weight is 341 g/mol. The van der Waals surface area contributed by atoms with Crippen molar-refractivity contribution >= 4 is 34.3 Å². The minimum absolute atomic E-state index is 0.117. The normalized spacial score (nSPS) is 25.5. The van der Waals surface area contributed by atoms with Crippen LogP contribution in [0.3, 0.4) is 0 Å². The minimum atomic E-state index is 0.117. The molecule has 0 aromatic carbocycles. The van der Waals surface area contributed by atoms with Crippen molar-refractivity contribution in [1.82, 2.24) is 15.2 Å². The van der Waals surface area contributed by atoms with Gasteiger partial charge < -0.3 is 15.1 Å². The van der Waals surface area contributed by atoms with Gasteiger partial charge >= 0.3 is 6.03 Å². The predicted octanol–water partition coefficient (Wildman–Crippen LogP) is 2.65. The summed E-state index contributed by atoms with van der Waals surface area (Å²) in [6, 6.07) is 0.486. The molecule has 0 unspecified atom stereocenters. The third-order valence-electron chi connectivity index (χ3n) is 4.37. The number of amides is 2. The fraction of sp³-hybridized carbons (Fsp3) is 0.733. The zero-order chi connectivity index (χ0) is 15.4. The Morgan fingerprint density at radius 1 is 1.41 bits per heavy atom. The number of carbonyl (C=O) groups excluding carboxylic acids is 1. The van der Waals surface area contributed by atoms with Gasteiger partial charge in [-0.25, -0.2) is 9.78 Å².